The van der Waals surface area contributed by atoms with E-state index in [1.54, 1.807) is 17.9 Å². The van der Waals surface area contributed by atoms with E-state index < -0.39 is 0 Å². The maximum absolute atomic E-state index is 12.2. The molecule has 0 fully saturated rings. The second-order valence-electron chi connectivity index (χ2n) is 5.66. The van der Waals surface area contributed by atoms with Crippen molar-refractivity contribution in [1.82, 2.24) is 25.3 Å². The van der Waals surface area contributed by atoms with E-state index in [0.29, 0.717) is 12.2 Å². The largest absolute Gasteiger partial charge is 0.375 e. The van der Waals surface area contributed by atoms with Crippen molar-refractivity contribution in [3.63, 3.8) is 0 Å². The Hall–Kier alpha value is -2.28. The van der Waals surface area contributed by atoms with Crippen molar-refractivity contribution in [1.29, 1.82) is 0 Å². The summed E-state index contributed by atoms with van der Waals surface area (Å²) in [5, 5.41) is 11.0. The summed E-state index contributed by atoms with van der Waals surface area (Å²) in [4.78, 5) is 16.5. The second kappa shape index (κ2) is 7.32. The number of aromatic nitrogens is 4. The smallest absolute Gasteiger partial charge is 0.269 e. The monoisotopic (exact) mass is 317 g/mol. The van der Waals surface area contributed by atoms with Crippen molar-refractivity contribution in [2.45, 2.75) is 39.8 Å². The van der Waals surface area contributed by atoms with Gasteiger partial charge in [0.2, 0.25) is 0 Å². The predicted octanol–water partition coefficient (Wildman–Crippen LogP) is 1.99. The molecular weight excluding hydrogens is 294 g/mol. The summed E-state index contributed by atoms with van der Waals surface area (Å²) in [5.74, 6) is -0.189. The SMILES string of the molecule is COC(C)c1cn(C(C)CNC(=O)c2ccc(C)c(C)n2)nn1. The van der Waals surface area contributed by atoms with Crippen LogP contribution in [0.15, 0.2) is 18.3 Å². The van der Waals surface area contributed by atoms with Crippen molar-refractivity contribution in [2.24, 2.45) is 0 Å². The Morgan fingerprint density at radius 3 is 2.74 bits per heavy atom. The average molecular weight is 317 g/mol. The lowest BCUT2D eigenvalue weighted by atomic mass is 10.2. The van der Waals surface area contributed by atoms with Gasteiger partial charge in [0, 0.05) is 19.3 Å². The highest BCUT2D eigenvalue weighted by Crippen LogP contribution is 2.13. The zero-order valence-electron chi connectivity index (χ0n) is 14.2. The Balaban J connectivity index is 1.95. The molecule has 2 rings (SSSR count). The van der Waals surface area contributed by atoms with Gasteiger partial charge < -0.3 is 10.1 Å². The molecule has 2 unspecified atom stereocenters. The number of nitrogens with one attached hydrogen (secondary N) is 1. The highest BCUT2D eigenvalue weighted by Gasteiger charge is 2.14. The zero-order valence-corrected chi connectivity index (χ0v) is 14.2. The molecule has 0 aliphatic rings. The predicted molar refractivity (Wildman–Crippen MR) is 86.2 cm³/mol. The minimum Gasteiger partial charge on any atom is -0.375 e. The fraction of sp³-hybridized carbons (Fsp3) is 0.500. The minimum atomic E-state index is -0.189. The van der Waals surface area contributed by atoms with Crippen LogP contribution in [0.1, 0.15) is 53.4 Å². The summed E-state index contributed by atoms with van der Waals surface area (Å²) in [7, 11) is 1.63. The summed E-state index contributed by atoms with van der Waals surface area (Å²) >= 11 is 0. The third-order valence-corrected chi connectivity index (χ3v) is 3.89. The van der Waals surface area contributed by atoms with Gasteiger partial charge in [0.15, 0.2) is 0 Å². The lowest BCUT2D eigenvalue weighted by Crippen LogP contribution is -2.30. The Morgan fingerprint density at radius 2 is 2.09 bits per heavy atom. The fourth-order valence-electron chi connectivity index (χ4n) is 1.99. The molecule has 1 amide bonds. The number of carbonyl (C=O) groups excluding carboxylic acids is 1. The molecule has 0 radical (unpaired) electrons. The van der Waals surface area contributed by atoms with Crippen molar-refractivity contribution >= 4 is 5.91 Å². The van der Waals surface area contributed by atoms with Crippen LogP contribution in [-0.4, -0.2) is 39.5 Å². The fourth-order valence-corrected chi connectivity index (χ4v) is 1.99. The third-order valence-electron chi connectivity index (χ3n) is 3.89. The number of amides is 1. The number of nitrogens with zero attached hydrogens (tertiary/aromatic N) is 4. The number of pyridine rings is 1. The van der Waals surface area contributed by atoms with Crippen LogP contribution in [0.3, 0.4) is 0 Å². The van der Waals surface area contributed by atoms with Crippen LogP contribution in [0.5, 0.6) is 0 Å². The highest BCUT2D eigenvalue weighted by molar-refractivity contribution is 5.92. The van der Waals surface area contributed by atoms with Gasteiger partial charge in [0.25, 0.3) is 5.91 Å². The third kappa shape index (κ3) is 4.13. The first-order valence-electron chi connectivity index (χ1n) is 7.59. The quantitative estimate of drug-likeness (QED) is 0.881. The van der Waals surface area contributed by atoms with E-state index in [4.69, 9.17) is 4.74 Å². The van der Waals surface area contributed by atoms with Crippen molar-refractivity contribution < 1.29 is 9.53 Å². The highest BCUT2D eigenvalue weighted by atomic mass is 16.5. The molecule has 0 aromatic carbocycles. The number of hydrogen-bond donors (Lipinski definition) is 1. The van der Waals surface area contributed by atoms with E-state index in [2.05, 4.69) is 20.6 Å². The number of methoxy groups -OCH3 is 1. The van der Waals surface area contributed by atoms with E-state index in [0.717, 1.165) is 17.0 Å². The second-order valence-corrected chi connectivity index (χ2v) is 5.66. The van der Waals surface area contributed by atoms with Crippen LogP contribution in [0.25, 0.3) is 0 Å². The molecular formula is C16H23N5O2. The minimum absolute atomic E-state index is 0.0178. The molecule has 0 saturated heterocycles. The molecule has 7 heteroatoms. The Morgan fingerprint density at radius 1 is 1.35 bits per heavy atom. The number of aryl methyl sites for hydroxylation is 2. The average Bonchev–Trinajstić information content (AvgIpc) is 3.04. The summed E-state index contributed by atoms with van der Waals surface area (Å²) in [6.45, 7) is 8.17. The Labute approximate surface area is 136 Å². The maximum atomic E-state index is 12.2. The number of carbonyl (C=O) groups is 1. The molecule has 2 atom stereocenters. The molecule has 2 heterocycles. The normalized spacial score (nSPS) is 13.6. The summed E-state index contributed by atoms with van der Waals surface area (Å²) in [6, 6.07) is 3.61. The lowest BCUT2D eigenvalue weighted by Gasteiger charge is -2.13. The topological polar surface area (TPSA) is 81.9 Å². The molecule has 7 nitrogen and oxygen atoms in total. The molecule has 0 aliphatic heterocycles. The van der Waals surface area contributed by atoms with E-state index in [9.17, 15) is 4.79 Å². The van der Waals surface area contributed by atoms with Gasteiger partial charge in [0.05, 0.1) is 18.3 Å². The summed E-state index contributed by atoms with van der Waals surface area (Å²) < 4.78 is 6.93. The Bertz CT molecular complexity index is 683. The first-order valence-corrected chi connectivity index (χ1v) is 7.59. The van der Waals surface area contributed by atoms with Gasteiger partial charge >= 0.3 is 0 Å². The molecule has 0 spiro atoms. The van der Waals surface area contributed by atoms with Crippen LogP contribution >= 0.6 is 0 Å². The van der Waals surface area contributed by atoms with E-state index in [-0.39, 0.29) is 18.1 Å². The standard InChI is InChI=1S/C16H23N5O2/c1-10-6-7-14(18-12(10)3)16(22)17-8-11(2)21-9-15(19-20-21)13(4)23-5/h6-7,9,11,13H,8H2,1-5H3,(H,17,22). The van der Waals surface area contributed by atoms with Gasteiger partial charge in [-0.05, 0) is 39.3 Å². The van der Waals surface area contributed by atoms with Crippen LogP contribution in [-0.2, 0) is 4.74 Å². The van der Waals surface area contributed by atoms with Crippen molar-refractivity contribution in [3.05, 3.63) is 41.0 Å². The number of rotatable bonds is 6. The van der Waals surface area contributed by atoms with Gasteiger partial charge in [-0.1, -0.05) is 11.3 Å². The summed E-state index contributed by atoms with van der Waals surface area (Å²) in [6.07, 6.45) is 1.73. The molecule has 1 N–H and O–H groups in total. The van der Waals surface area contributed by atoms with Gasteiger partial charge in [-0.2, -0.15) is 0 Å². The zero-order chi connectivity index (χ0) is 17.0. The van der Waals surface area contributed by atoms with E-state index in [1.165, 1.54) is 0 Å². The molecule has 124 valence electrons. The molecule has 23 heavy (non-hydrogen) atoms. The van der Waals surface area contributed by atoms with E-state index >= 15 is 0 Å². The summed E-state index contributed by atoms with van der Waals surface area (Å²) in [5.41, 5.74) is 3.12. The van der Waals surface area contributed by atoms with Gasteiger partial charge in [-0.3, -0.25) is 4.79 Å². The van der Waals surface area contributed by atoms with E-state index in [1.807, 2.05) is 40.0 Å². The Kier molecular flexibility index (Phi) is 5.44. The van der Waals surface area contributed by atoms with Crippen LogP contribution < -0.4 is 5.32 Å². The first-order chi connectivity index (χ1) is 10.9. The van der Waals surface area contributed by atoms with Crippen LogP contribution in [0, 0.1) is 13.8 Å². The van der Waals surface area contributed by atoms with Gasteiger partial charge in [-0.15, -0.1) is 5.10 Å². The van der Waals surface area contributed by atoms with Gasteiger partial charge in [0.1, 0.15) is 11.4 Å². The van der Waals surface area contributed by atoms with Crippen molar-refractivity contribution in [3.8, 4) is 0 Å². The molecule has 0 aliphatic carbocycles. The first kappa shape index (κ1) is 17.1. The van der Waals surface area contributed by atoms with Crippen LogP contribution in [0.2, 0.25) is 0 Å². The molecule has 0 saturated carbocycles. The number of ether oxygens (including phenoxy) is 1. The molecule has 0 bridgehead atoms. The molecule has 2 aromatic rings. The van der Waals surface area contributed by atoms with Crippen LogP contribution in [0.4, 0.5) is 0 Å². The molecule has 2 aromatic heterocycles. The number of hydrogen-bond acceptors (Lipinski definition) is 5. The lowest BCUT2D eigenvalue weighted by molar-refractivity contribution is 0.0942. The van der Waals surface area contributed by atoms with Crippen molar-refractivity contribution in [2.75, 3.05) is 13.7 Å². The maximum Gasteiger partial charge on any atom is 0.269 e. The van der Waals surface area contributed by atoms with Gasteiger partial charge in [-0.25, -0.2) is 9.67 Å².